The Hall–Kier alpha value is -3.12. The van der Waals surface area contributed by atoms with Gasteiger partial charge < -0.3 is 19.7 Å². The van der Waals surface area contributed by atoms with Crippen LogP contribution >= 0.6 is 0 Å². The van der Waals surface area contributed by atoms with Crippen molar-refractivity contribution in [2.45, 2.75) is 33.5 Å². The minimum Gasteiger partial charge on any atom is -0.497 e. The second kappa shape index (κ2) is 8.92. The van der Waals surface area contributed by atoms with Crippen molar-refractivity contribution in [3.05, 3.63) is 88.0 Å². The molecule has 0 spiro atoms. The third-order valence-electron chi connectivity index (χ3n) is 5.20. The number of aromatic carboxylic acids is 1. The number of nitrogens with one attached hydrogen (secondary N) is 1. The lowest BCUT2D eigenvalue weighted by Gasteiger charge is -2.11. The van der Waals surface area contributed by atoms with Gasteiger partial charge in [0.15, 0.2) is 0 Å². The lowest BCUT2D eigenvalue weighted by atomic mass is 10.1. The number of halogens is 1. The zero-order valence-corrected chi connectivity index (χ0v) is 16.8. The van der Waals surface area contributed by atoms with Crippen molar-refractivity contribution in [1.29, 1.82) is 0 Å². The van der Waals surface area contributed by atoms with E-state index < -0.39 is 5.97 Å². The van der Waals surface area contributed by atoms with Gasteiger partial charge in [0.05, 0.1) is 19.2 Å². The van der Waals surface area contributed by atoms with E-state index in [-0.39, 0.29) is 11.4 Å². The highest BCUT2D eigenvalue weighted by molar-refractivity contribution is 5.91. The molecule has 0 atom stereocenters. The van der Waals surface area contributed by atoms with E-state index in [2.05, 4.69) is 5.32 Å². The van der Waals surface area contributed by atoms with Gasteiger partial charge in [-0.1, -0.05) is 30.3 Å². The first-order valence-electron chi connectivity index (χ1n) is 9.41. The molecule has 0 aliphatic carbocycles. The van der Waals surface area contributed by atoms with E-state index in [9.17, 15) is 14.3 Å². The van der Waals surface area contributed by atoms with Gasteiger partial charge >= 0.3 is 5.97 Å². The fourth-order valence-corrected chi connectivity index (χ4v) is 3.56. The van der Waals surface area contributed by atoms with Crippen LogP contribution in [-0.2, 0) is 19.6 Å². The molecule has 3 aromatic rings. The predicted molar refractivity (Wildman–Crippen MR) is 110 cm³/mol. The Morgan fingerprint density at radius 3 is 2.38 bits per heavy atom. The van der Waals surface area contributed by atoms with Gasteiger partial charge in [0, 0.05) is 35.6 Å². The third kappa shape index (κ3) is 4.49. The van der Waals surface area contributed by atoms with Crippen LogP contribution in [-0.4, -0.2) is 22.8 Å². The number of aromatic nitrogens is 1. The molecule has 2 aromatic carbocycles. The van der Waals surface area contributed by atoms with E-state index in [1.807, 2.05) is 35.8 Å². The number of hydrogen-bond donors (Lipinski definition) is 2. The maximum atomic E-state index is 14.1. The summed E-state index contributed by atoms with van der Waals surface area (Å²) in [6.07, 6.45) is 0. The topological polar surface area (TPSA) is 63.5 Å². The number of carbonyl (C=O) groups is 1. The van der Waals surface area contributed by atoms with Crippen molar-refractivity contribution in [2.24, 2.45) is 0 Å². The van der Waals surface area contributed by atoms with Crippen LogP contribution in [0.5, 0.6) is 5.75 Å². The van der Waals surface area contributed by atoms with Crippen LogP contribution in [0.4, 0.5) is 4.39 Å². The van der Waals surface area contributed by atoms with Crippen LogP contribution in [0, 0.1) is 19.7 Å². The van der Waals surface area contributed by atoms with Crippen molar-refractivity contribution < 1.29 is 19.0 Å². The smallest absolute Gasteiger partial charge is 0.337 e. The van der Waals surface area contributed by atoms with E-state index in [1.54, 1.807) is 32.2 Å². The number of benzene rings is 2. The van der Waals surface area contributed by atoms with E-state index in [4.69, 9.17) is 4.74 Å². The maximum absolute atomic E-state index is 14.1. The summed E-state index contributed by atoms with van der Waals surface area (Å²) in [6, 6.07) is 14.3. The average Bonchev–Trinajstić information content (AvgIpc) is 2.94. The summed E-state index contributed by atoms with van der Waals surface area (Å²) in [5.41, 5.74) is 4.05. The number of hydrogen-bond acceptors (Lipinski definition) is 3. The SMILES string of the molecule is COc1ccc(CNCc2c(C(=O)O)c(C)n(Cc3ccccc3F)c2C)cc1. The van der Waals surface area contributed by atoms with Gasteiger partial charge in [-0.05, 0) is 37.6 Å². The van der Waals surface area contributed by atoms with Crippen molar-refractivity contribution in [3.63, 3.8) is 0 Å². The Bertz CT molecular complexity index is 1010. The lowest BCUT2D eigenvalue weighted by Crippen LogP contribution is -2.15. The van der Waals surface area contributed by atoms with Gasteiger partial charge in [-0.15, -0.1) is 0 Å². The molecule has 1 aromatic heterocycles. The summed E-state index contributed by atoms with van der Waals surface area (Å²) in [6.45, 7) is 4.95. The molecule has 0 aliphatic rings. The van der Waals surface area contributed by atoms with Crippen LogP contribution < -0.4 is 10.1 Å². The van der Waals surface area contributed by atoms with Crippen molar-refractivity contribution >= 4 is 5.97 Å². The van der Waals surface area contributed by atoms with Crippen LogP contribution in [0.1, 0.15) is 38.4 Å². The molecular weight excluding hydrogens is 371 g/mol. The Labute approximate surface area is 169 Å². The fraction of sp³-hybridized carbons (Fsp3) is 0.261. The van der Waals surface area contributed by atoms with E-state index in [1.165, 1.54) is 6.07 Å². The number of nitrogens with zero attached hydrogens (tertiary/aromatic N) is 1. The molecule has 6 heteroatoms. The average molecular weight is 396 g/mol. The van der Waals surface area contributed by atoms with Crippen molar-refractivity contribution in [3.8, 4) is 5.75 Å². The van der Waals surface area contributed by atoms with E-state index in [0.717, 1.165) is 22.6 Å². The monoisotopic (exact) mass is 396 g/mol. The normalized spacial score (nSPS) is 10.9. The van der Waals surface area contributed by atoms with Crippen LogP contribution in [0.15, 0.2) is 48.5 Å². The van der Waals surface area contributed by atoms with Gasteiger partial charge in [0.25, 0.3) is 0 Å². The summed E-state index contributed by atoms with van der Waals surface area (Å²) in [7, 11) is 1.62. The second-order valence-corrected chi connectivity index (χ2v) is 6.96. The molecule has 0 fully saturated rings. The third-order valence-corrected chi connectivity index (χ3v) is 5.20. The number of methoxy groups -OCH3 is 1. The first-order chi connectivity index (χ1) is 13.9. The molecule has 5 nitrogen and oxygen atoms in total. The summed E-state index contributed by atoms with van der Waals surface area (Å²) in [5.74, 6) is -0.478. The lowest BCUT2D eigenvalue weighted by molar-refractivity contribution is 0.0694. The summed E-state index contributed by atoms with van der Waals surface area (Å²) in [4.78, 5) is 11.9. The summed E-state index contributed by atoms with van der Waals surface area (Å²) in [5, 5.41) is 13.1. The van der Waals surface area contributed by atoms with Crippen molar-refractivity contribution in [1.82, 2.24) is 9.88 Å². The number of ether oxygens (including phenoxy) is 1. The molecule has 3 rings (SSSR count). The first kappa shape index (κ1) is 20.6. The largest absolute Gasteiger partial charge is 0.497 e. The highest BCUT2D eigenvalue weighted by Gasteiger charge is 2.22. The molecule has 0 amide bonds. The first-order valence-corrected chi connectivity index (χ1v) is 9.41. The molecule has 0 aliphatic heterocycles. The molecule has 0 radical (unpaired) electrons. The van der Waals surface area contributed by atoms with Crippen LogP contribution in [0.25, 0.3) is 0 Å². The van der Waals surface area contributed by atoms with Gasteiger partial charge in [0.2, 0.25) is 0 Å². The molecule has 152 valence electrons. The molecular formula is C23H25FN2O3. The van der Waals surface area contributed by atoms with E-state index in [0.29, 0.717) is 30.9 Å². The minimum atomic E-state index is -0.973. The zero-order chi connectivity index (χ0) is 21.0. The Kier molecular flexibility index (Phi) is 6.34. The molecule has 0 saturated carbocycles. The number of rotatable bonds is 8. The summed E-state index contributed by atoms with van der Waals surface area (Å²) < 4.78 is 21.1. The van der Waals surface area contributed by atoms with E-state index >= 15 is 0 Å². The molecule has 0 bridgehead atoms. The van der Waals surface area contributed by atoms with Gasteiger partial charge in [-0.3, -0.25) is 0 Å². The Morgan fingerprint density at radius 2 is 1.76 bits per heavy atom. The Balaban J connectivity index is 1.81. The van der Waals surface area contributed by atoms with Gasteiger partial charge in [-0.2, -0.15) is 0 Å². The van der Waals surface area contributed by atoms with Crippen LogP contribution in [0.3, 0.4) is 0 Å². The molecule has 0 unspecified atom stereocenters. The Morgan fingerprint density at radius 1 is 1.07 bits per heavy atom. The molecule has 29 heavy (non-hydrogen) atoms. The molecule has 2 N–H and O–H groups in total. The summed E-state index contributed by atoms with van der Waals surface area (Å²) >= 11 is 0. The highest BCUT2D eigenvalue weighted by atomic mass is 19.1. The van der Waals surface area contributed by atoms with Crippen LogP contribution in [0.2, 0.25) is 0 Å². The second-order valence-electron chi connectivity index (χ2n) is 6.96. The van der Waals surface area contributed by atoms with Crippen molar-refractivity contribution in [2.75, 3.05) is 7.11 Å². The molecule has 1 heterocycles. The molecule has 0 saturated heterocycles. The van der Waals surface area contributed by atoms with Gasteiger partial charge in [0.1, 0.15) is 11.6 Å². The van der Waals surface area contributed by atoms with Gasteiger partial charge in [-0.25, -0.2) is 9.18 Å². The quantitative estimate of drug-likeness (QED) is 0.596. The predicted octanol–water partition coefficient (Wildman–Crippen LogP) is 4.29. The maximum Gasteiger partial charge on any atom is 0.337 e. The number of carboxylic acids is 1. The zero-order valence-electron chi connectivity index (χ0n) is 16.8. The number of carboxylic acid groups (broad SMARTS) is 1. The fourth-order valence-electron chi connectivity index (χ4n) is 3.56. The minimum absolute atomic E-state index is 0.279. The standard InChI is InChI=1S/C23H25FN2O3/c1-15-20(13-25-12-17-8-10-19(29-3)11-9-17)22(23(27)28)16(2)26(15)14-18-6-4-5-7-21(18)24/h4-11,25H,12-14H2,1-3H3,(H,27,28). The highest BCUT2D eigenvalue weighted by Crippen LogP contribution is 2.24.